The SMILES string of the molecule is [CH2-]C1CCCC1[CH2-].[W+2]. The van der Waals surface area contributed by atoms with Gasteiger partial charge in [0.15, 0.2) is 0 Å². The van der Waals surface area contributed by atoms with Gasteiger partial charge in [-0.3, -0.25) is 0 Å². The van der Waals surface area contributed by atoms with Crippen LogP contribution in [0.1, 0.15) is 19.3 Å². The van der Waals surface area contributed by atoms with Gasteiger partial charge in [-0.2, -0.15) is 11.8 Å². The van der Waals surface area contributed by atoms with Gasteiger partial charge in [0, 0.05) is 0 Å². The summed E-state index contributed by atoms with van der Waals surface area (Å²) >= 11 is 0. The summed E-state index contributed by atoms with van der Waals surface area (Å²) in [5.74, 6) is 1.31. The maximum absolute atomic E-state index is 3.96. The van der Waals surface area contributed by atoms with Crippen LogP contribution in [0.5, 0.6) is 0 Å². The normalized spacial score (nSPS) is 36.8. The van der Waals surface area contributed by atoms with Crippen LogP contribution in [0.2, 0.25) is 0 Å². The zero-order valence-corrected chi connectivity index (χ0v) is 8.03. The largest absolute Gasteiger partial charge is 2.00 e. The van der Waals surface area contributed by atoms with Gasteiger partial charge >= 0.3 is 21.1 Å². The van der Waals surface area contributed by atoms with E-state index in [0.717, 1.165) is 0 Å². The Bertz CT molecular complexity index is 53.4. The molecule has 0 spiro atoms. The van der Waals surface area contributed by atoms with E-state index in [2.05, 4.69) is 13.8 Å². The first-order valence-corrected chi connectivity index (χ1v) is 2.97. The molecule has 0 radical (unpaired) electrons. The van der Waals surface area contributed by atoms with Gasteiger partial charge in [-0.1, -0.05) is 19.3 Å². The Morgan fingerprint density at radius 2 is 1.38 bits per heavy atom. The Labute approximate surface area is 66.3 Å². The zero-order chi connectivity index (χ0) is 5.28. The Balaban J connectivity index is 0.000000490. The molecule has 0 amide bonds. The summed E-state index contributed by atoms with van der Waals surface area (Å²) in [5.41, 5.74) is 0. The van der Waals surface area contributed by atoms with Crippen LogP contribution in [0.4, 0.5) is 0 Å². The Morgan fingerprint density at radius 1 is 1.00 bits per heavy atom. The fraction of sp³-hybridized carbons (Fsp3) is 0.714. The topological polar surface area (TPSA) is 0 Å². The third kappa shape index (κ3) is 1.89. The van der Waals surface area contributed by atoms with Crippen LogP contribution in [-0.4, -0.2) is 0 Å². The van der Waals surface area contributed by atoms with Gasteiger partial charge in [-0.25, -0.2) is 0 Å². The molecule has 1 rings (SSSR count). The van der Waals surface area contributed by atoms with Crippen LogP contribution in [0.15, 0.2) is 0 Å². The zero-order valence-electron chi connectivity index (χ0n) is 5.10. The van der Waals surface area contributed by atoms with Crippen molar-refractivity contribution in [2.75, 3.05) is 0 Å². The second-order valence-electron chi connectivity index (χ2n) is 2.45. The van der Waals surface area contributed by atoms with E-state index in [1.165, 1.54) is 19.3 Å². The molecule has 0 aromatic heterocycles. The average Bonchev–Trinajstić information content (AvgIpc) is 1.91. The van der Waals surface area contributed by atoms with Gasteiger partial charge in [0.1, 0.15) is 0 Å². The second-order valence-corrected chi connectivity index (χ2v) is 2.45. The minimum atomic E-state index is 0. The van der Waals surface area contributed by atoms with Gasteiger partial charge in [-0.15, -0.1) is 0 Å². The van der Waals surface area contributed by atoms with Crippen molar-refractivity contribution in [3.05, 3.63) is 13.8 Å². The number of hydrogen-bond acceptors (Lipinski definition) is 0. The number of hydrogen-bond donors (Lipinski definition) is 0. The van der Waals surface area contributed by atoms with Crippen LogP contribution >= 0.6 is 0 Å². The van der Waals surface area contributed by atoms with Gasteiger partial charge in [0.25, 0.3) is 0 Å². The van der Waals surface area contributed by atoms with Crippen molar-refractivity contribution in [3.63, 3.8) is 0 Å². The first kappa shape index (κ1) is 8.69. The quantitative estimate of drug-likeness (QED) is 0.596. The van der Waals surface area contributed by atoms with Crippen molar-refractivity contribution in [1.29, 1.82) is 0 Å². The first-order valence-electron chi connectivity index (χ1n) is 2.97. The predicted octanol–water partition coefficient (Wildman–Crippen LogP) is 2.07. The fourth-order valence-electron chi connectivity index (χ4n) is 1.11. The first-order chi connectivity index (χ1) is 3.30. The molecule has 0 saturated heterocycles. The maximum Gasteiger partial charge on any atom is 2.00 e. The molecule has 0 N–H and O–H groups in total. The van der Waals surface area contributed by atoms with E-state index in [1.807, 2.05) is 0 Å². The predicted molar refractivity (Wildman–Crippen MR) is 31.5 cm³/mol. The summed E-state index contributed by atoms with van der Waals surface area (Å²) in [4.78, 5) is 0. The van der Waals surface area contributed by atoms with Crippen LogP contribution in [0, 0.1) is 25.7 Å². The van der Waals surface area contributed by atoms with E-state index in [9.17, 15) is 0 Å². The van der Waals surface area contributed by atoms with Gasteiger partial charge in [-0.05, 0) is 0 Å². The molecule has 1 aliphatic rings. The summed E-state index contributed by atoms with van der Waals surface area (Å²) in [7, 11) is 0. The smallest absolute Gasteiger partial charge is 0.342 e. The molecule has 1 aliphatic carbocycles. The molecule has 0 aliphatic heterocycles. The van der Waals surface area contributed by atoms with E-state index in [1.54, 1.807) is 0 Å². The standard InChI is InChI=1S/C7H12.W/c1-6-4-3-5-7(6)2;/h6-7H,1-5H2;/q-2;+2. The van der Waals surface area contributed by atoms with Crippen LogP contribution in [-0.2, 0) is 21.1 Å². The van der Waals surface area contributed by atoms with Crippen molar-refractivity contribution in [3.8, 4) is 0 Å². The molecule has 1 heteroatoms. The Hall–Kier alpha value is 0.688. The van der Waals surface area contributed by atoms with E-state index >= 15 is 0 Å². The minimum absolute atomic E-state index is 0. The van der Waals surface area contributed by atoms with E-state index < -0.39 is 0 Å². The third-order valence-corrected chi connectivity index (χ3v) is 1.82. The Morgan fingerprint density at radius 3 is 1.50 bits per heavy atom. The molecular formula is C7H12W. The Kier molecular flexibility index (Phi) is 3.98. The van der Waals surface area contributed by atoms with Crippen molar-refractivity contribution in [2.24, 2.45) is 11.8 Å². The molecule has 0 aromatic carbocycles. The van der Waals surface area contributed by atoms with Gasteiger partial charge in [0.2, 0.25) is 0 Å². The summed E-state index contributed by atoms with van der Waals surface area (Å²) in [5, 5.41) is 0. The fourth-order valence-corrected chi connectivity index (χ4v) is 1.11. The number of rotatable bonds is 0. The van der Waals surface area contributed by atoms with Crippen molar-refractivity contribution in [2.45, 2.75) is 19.3 Å². The average molecular weight is 280 g/mol. The maximum atomic E-state index is 3.96. The molecule has 1 fully saturated rings. The second kappa shape index (κ2) is 3.66. The summed E-state index contributed by atoms with van der Waals surface area (Å²) < 4.78 is 0. The van der Waals surface area contributed by atoms with Crippen LogP contribution in [0.3, 0.4) is 0 Å². The molecule has 0 bridgehead atoms. The summed E-state index contributed by atoms with van der Waals surface area (Å²) in [6.07, 6.45) is 3.95. The monoisotopic (exact) mass is 280 g/mol. The van der Waals surface area contributed by atoms with Crippen molar-refractivity contribution < 1.29 is 21.1 Å². The molecule has 1 saturated carbocycles. The molecule has 0 nitrogen and oxygen atoms in total. The van der Waals surface area contributed by atoms with Crippen LogP contribution < -0.4 is 0 Å². The summed E-state index contributed by atoms with van der Waals surface area (Å²) in [6, 6.07) is 0. The van der Waals surface area contributed by atoms with Gasteiger partial charge < -0.3 is 13.8 Å². The van der Waals surface area contributed by atoms with E-state index in [4.69, 9.17) is 0 Å². The minimum Gasteiger partial charge on any atom is -0.342 e. The molecule has 2 atom stereocenters. The molecule has 46 valence electrons. The molecule has 2 unspecified atom stereocenters. The van der Waals surface area contributed by atoms with Crippen molar-refractivity contribution >= 4 is 0 Å². The van der Waals surface area contributed by atoms with E-state index in [0.29, 0.717) is 11.8 Å². The summed E-state index contributed by atoms with van der Waals surface area (Å²) in [6.45, 7) is 7.91. The molecule has 0 heterocycles. The van der Waals surface area contributed by atoms with Crippen molar-refractivity contribution in [1.82, 2.24) is 0 Å². The van der Waals surface area contributed by atoms with E-state index in [-0.39, 0.29) is 21.1 Å². The molecular weight excluding hydrogens is 268 g/mol. The molecule has 8 heavy (non-hydrogen) atoms. The third-order valence-electron chi connectivity index (χ3n) is 1.82. The molecule has 0 aromatic rings. The van der Waals surface area contributed by atoms with Gasteiger partial charge in [0.05, 0.1) is 0 Å². The van der Waals surface area contributed by atoms with Crippen LogP contribution in [0.25, 0.3) is 0 Å².